The van der Waals surface area contributed by atoms with Crippen LogP contribution in [0.5, 0.6) is 0 Å². The zero-order valence-corrected chi connectivity index (χ0v) is 18.5. The standard InChI is InChI=1S/C27H34N2O/c1-5-17-28-18-11-14-25(24-12-9-8-10-13-24)19-22-15-16-23(7-3)26(20-22)29-27(30)21(4)6-2/h5,8-10,12-13,15-18,20,25H,4,6-7,11,14,19H2,1-3H3,(H,29,30)/b17-5-,28-18?. The van der Waals surface area contributed by atoms with E-state index >= 15 is 0 Å². The number of hydrogen-bond acceptors (Lipinski definition) is 2. The molecule has 0 aliphatic carbocycles. The summed E-state index contributed by atoms with van der Waals surface area (Å²) in [7, 11) is 0. The predicted molar refractivity (Wildman–Crippen MR) is 129 cm³/mol. The van der Waals surface area contributed by atoms with Crippen LogP contribution in [0.15, 0.2) is 78.0 Å². The van der Waals surface area contributed by atoms with Gasteiger partial charge in [-0.1, -0.05) is 69.0 Å². The molecule has 2 rings (SSSR count). The van der Waals surface area contributed by atoms with E-state index in [9.17, 15) is 4.79 Å². The fourth-order valence-corrected chi connectivity index (χ4v) is 3.44. The number of anilines is 1. The summed E-state index contributed by atoms with van der Waals surface area (Å²) in [4.78, 5) is 16.7. The quantitative estimate of drug-likeness (QED) is 0.323. The average Bonchev–Trinajstić information content (AvgIpc) is 2.78. The molecule has 0 aliphatic rings. The molecule has 1 N–H and O–H groups in total. The van der Waals surface area contributed by atoms with Crippen molar-refractivity contribution in [1.82, 2.24) is 0 Å². The normalized spacial score (nSPS) is 12.4. The molecule has 158 valence electrons. The van der Waals surface area contributed by atoms with Gasteiger partial charge in [-0.25, -0.2) is 0 Å². The first-order chi connectivity index (χ1) is 14.6. The van der Waals surface area contributed by atoms with Crippen LogP contribution < -0.4 is 5.32 Å². The number of benzene rings is 2. The van der Waals surface area contributed by atoms with Crippen LogP contribution in [-0.4, -0.2) is 12.1 Å². The van der Waals surface area contributed by atoms with E-state index in [1.807, 2.05) is 32.3 Å². The van der Waals surface area contributed by atoms with Gasteiger partial charge in [-0.05, 0) is 67.7 Å². The van der Waals surface area contributed by atoms with E-state index in [0.717, 1.165) is 36.9 Å². The van der Waals surface area contributed by atoms with Gasteiger partial charge >= 0.3 is 0 Å². The maximum atomic E-state index is 12.4. The number of rotatable bonds is 11. The predicted octanol–water partition coefficient (Wildman–Crippen LogP) is 6.86. The van der Waals surface area contributed by atoms with Crippen LogP contribution >= 0.6 is 0 Å². The largest absolute Gasteiger partial charge is 0.322 e. The van der Waals surface area contributed by atoms with Crippen molar-refractivity contribution in [2.45, 2.75) is 58.8 Å². The van der Waals surface area contributed by atoms with Crippen molar-refractivity contribution in [2.75, 3.05) is 5.32 Å². The Morgan fingerprint density at radius 2 is 1.93 bits per heavy atom. The van der Waals surface area contributed by atoms with Gasteiger partial charge < -0.3 is 5.32 Å². The molecule has 0 aromatic heterocycles. The van der Waals surface area contributed by atoms with E-state index < -0.39 is 0 Å². The molecule has 0 heterocycles. The average molecular weight is 403 g/mol. The minimum atomic E-state index is -0.0934. The van der Waals surface area contributed by atoms with Gasteiger partial charge in [0.25, 0.3) is 5.91 Å². The zero-order valence-electron chi connectivity index (χ0n) is 18.5. The van der Waals surface area contributed by atoms with Crippen molar-refractivity contribution >= 4 is 17.8 Å². The number of aliphatic imine (C=N–C) groups is 1. The number of nitrogens with zero attached hydrogens (tertiary/aromatic N) is 1. The lowest BCUT2D eigenvalue weighted by Gasteiger charge is -2.19. The Hall–Kier alpha value is -2.94. The van der Waals surface area contributed by atoms with Crippen LogP contribution in [0.1, 0.15) is 62.6 Å². The Labute approximate surface area is 181 Å². The molecular formula is C27H34N2O. The first kappa shape index (κ1) is 23.3. The van der Waals surface area contributed by atoms with Crippen LogP contribution in [0.2, 0.25) is 0 Å². The number of allylic oxidation sites excluding steroid dienone is 1. The summed E-state index contributed by atoms with van der Waals surface area (Å²) < 4.78 is 0. The molecule has 0 radical (unpaired) electrons. The van der Waals surface area contributed by atoms with Gasteiger partial charge in [0.1, 0.15) is 0 Å². The Morgan fingerprint density at radius 3 is 2.60 bits per heavy atom. The fraction of sp³-hybridized carbons (Fsp3) is 0.333. The number of carbonyl (C=O) groups is 1. The Balaban J connectivity index is 2.22. The van der Waals surface area contributed by atoms with Crippen molar-refractivity contribution in [3.8, 4) is 0 Å². The van der Waals surface area contributed by atoms with Crippen molar-refractivity contribution < 1.29 is 4.79 Å². The lowest BCUT2D eigenvalue weighted by atomic mass is 9.88. The molecule has 2 aromatic rings. The third-order valence-corrected chi connectivity index (χ3v) is 5.29. The highest BCUT2D eigenvalue weighted by molar-refractivity contribution is 6.03. The molecule has 0 fully saturated rings. The molecular weight excluding hydrogens is 368 g/mol. The third kappa shape index (κ3) is 7.14. The van der Waals surface area contributed by atoms with Gasteiger partial charge in [-0.3, -0.25) is 9.79 Å². The van der Waals surface area contributed by atoms with Gasteiger partial charge in [0, 0.05) is 23.7 Å². The van der Waals surface area contributed by atoms with Crippen molar-refractivity contribution in [3.63, 3.8) is 0 Å². The van der Waals surface area contributed by atoms with E-state index in [1.165, 1.54) is 11.1 Å². The highest BCUT2D eigenvalue weighted by Gasteiger charge is 2.14. The second kappa shape index (κ2) is 12.6. The van der Waals surface area contributed by atoms with Crippen molar-refractivity contribution in [2.24, 2.45) is 4.99 Å². The maximum absolute atomic E-state index is 12.4. The second-order valence-electron chi connectivity index (χ2n) is 7.46. The minimum Gasteiger partial charge on any atom is -0.322 e. The Morgan fingerprint density at radius 1 is 1.17 bits per heavy atom. The summed E-state index contributed by atoms with van der Waals surface area (Å²) >= 11 is 0. The van der Waals surface area contributed by atoms with Gasteiger partial charge in [0.05, 0.1) is 0 Å². The molecule has 3 nitrogen and oxygen atoms in total. The third-order valence-electron chi connectivity index (χ3n) is 5.29. The van der Waals surface area contributed by atoms with E-state index in [0.29, 0.717) is 17.9 Å². The van der Waals surface area contributed by atoms with Crippen molar-refractivity contribution in [3.05, 3.63) is 89.6 Å². The number of aryl methyl sites for hydroxylation is 1. The summed E-state index contributed by atoms with van der Waals surface area (Å²) in [6.07, 6.45) is 10.1. The van der Waals surface area contributed by atoms with Crippen LogP contribution in [0.3, 0.4) is 0 Å². The molecule has 1 atom stereocenters. The minimum absolute atomic E-state index is 0.0934. The Bertz CT molecular complexity index is 881. The zero-order chi connectivity index (χ0) is 21.8. The number of carbonyl (C=O) groups excluding carboxylic acids is 1. The molecule has 0 saturated carbocycles. The number of hydrogen-bond donors (Lipinski definition) is 1. The van der Waals surface area contributed by atoms with Crippen LogP contribution in [-0.2, 0) is 17.6 Å². The van der Waals surface area contributed by atoms with E-state index in [4.69, 9.17) is 0 Å². The maximum Gasteiger partial charge on any atom is 0.250 e. The molecule has 1 unspecified atom stereocenters. The Kier molecular flexibility index (Phi) is 9.79. The molecule has 0 spiro atoms. The van der Waals surface area contributed by atoms with Gasteiger partial charge in [-0.2, -0.15) is 0 Å². The lowest BCUT2D eigenvalue weighted by Crippen LogP contribution is -2.15. The lowest BCUT2D eigenvalue weighted by molar-refractivity contribution is -0.112. The highest BCUT2D eigenvalue weighted by atomic mass is 16.1. The van der Waals surface area contributed by atoms with E-state index in [1.54, 1.807) is 0 Å². The second-order valence-corrected chi connectivity index (χ2v) is 7.46. The van der Waals surface area contributed by atoms with Crippen LogP contribution in [0.25, 0.3) is 0 Å². The summed E-state index contributed by atoms with van der Waals surface area (Å²) in [6.45, 7) is 9.88. The molecule has 1 amide bonds. The molecule has 0 bridgehead atoms. The summed E-state index contributed by atoms with van der Waals surface area (Å²) in [5.41, 5.74) is 5.21. The molecule has 2 aromatic carbocycles. The molecule has 3 heteroatoms. The SMILES string of the molecule is C=C(CC)C(=O)Nc1cc(CC(CCC=N/C=C\C)c2ccccc2)ccc1CC. The summed E-state index contributed by atoms with van der Waals surface area (Å²) in [6, 6.07) is 17.1. The monoisotopic (exact) mass is 402 g/mol. The van der Waals surface area contributed by atoms with Crippen molar-refractivity contribution in [1.29, 1.82) is 0 Å². The van der Waals surface area contributed by atoms with Crippen LogP contribution in [0, 0.1) is 0 Å². The molecule has 30 heavy (non-hydrogen) atoms. The first-order valence-corrected chi connectivity index (χ1v) is 10.9. The summed E-state index contributed by atoms with van der Waals surface area (Å²) in [5, 5.41) is 3.06. The van der Waals surface area contributed by atoms with E-state index in [-0.39, 0.29) is 5.91 Å². The summed E-state index contributed by atoms with van der Waals surface area (Å²) in [5.74, 6) is 0.300. The van der Waals surface area contributed by atoms with Crippen LogP contribution in [0.4, 0.5) is 5.69 Å². The number of nitrogens with one attached hydrogen (secondary N) is 1. The molecule has 0 saturated heterocycles. The highest BCUT2D eigenvalue weighted by Crippen LogP contribution is 2.28. The number of amides is 1. The smallest absolute Gasteiger partial charge is 0.250 e. The topological polar surface area (TPSA) is 41.5 Å². The van der Waals surface area contributed by atoms with E-state index in [2.05, 4.69) is 72.3 Å². The van der Waals surface area contributed by atoms with Gasteiger partial charge in [0.15, 0.2) is 0 Å². The molecule has 0 aliphatic heterocycles. The van der Waals surface area contributed by atoms with Gasteiger partial charge in [0.2, 0.25) is 0 Å². The fourth-order valence-electron chi connectivity index (χ4n) is 3.44. The van der Waals surface area contributed by atoms with Gasteiger partial charge in [-0.15, -0.1) is 0 Å². The first-order valence-electron chi connectivity index (χ1n) is 10.9.